The molecule has 1 N–H and O–H groups in total. The lowest BCUT2D eigenvalue weighted by atomic mass is 9.65. The molecule has 1 rings (SSSR count). The Morgan fingerprint density at radius 1 is 0.944 bits per heavy atom. The fourth-order valence-corrected chi connectivity index (χ4v) is 3.72. The van der Waals surface area contributed by atoms with Crippen LogP contribution >= 0.6 is 0 Å². The molecule has 1 heteroatoms. The molecule has 18 heavy (non-hydrogen) atoms. The maximum atomic E-state index is 3.75. The van der Waals surface area contributed by atoms with E-state index >= 15 is 0 Å². The Balaban J connectivity index is 2.60. The van der Waals surface area contributed by atoms with Crippen molar-refractivity contribution in [2.45, 2.75) is 80.2 Å². The van der Waals surface area contributed by atoms with Crippen molar-refractivity contribution in [1.29, 1.82) is 0 Å². The van der Waals surface area contributed by atoms with Gasteiger partial charge in [-0.25, -0.2) is 0 Å². The van der Waals surface area contributed by atoms with Crippen LogP contribution < -0.4 is 5.32 Å². The molecule has 0 radical (unpaired) electrons. The molecule has 1 unspecified atom stereocenters. The maximum absolute atomic E-state index is 3.75. The summed E-state index contributed by atoms with van der Waals surface area (Å²) in [7, 11) is 0. The van der Waals surface area contributed by atoms with Gasteiger partial charge in [-0.3, -0.25) is 0 Å². The van der Waals surface area contributed by atoms with E-state index in [0.29, 0.717) is 16.9 Å². The average molecular weight is 253 g/mol. The van der Waals surface area contributed by atoms with Gasteiger partial charge in [-0.1, -0.05) is 48.5 Å². The molecule has 0 spiro atoms. The Hall–Kier alpha value is -0.0400. The SMILES string of the molecule is CCNC(C1CCC(C(C)(C)C)CC1)C(C)(C)C. The minimum absolute atomic E-state index is 0.384. The van der Waals surface area contributed by atoms with Crippen molar-refractivity contribution in [3.63, 3.8) is 0 Å². The van der Waals surface area contributed by atoms with Crippen molar-refractivity contribution in [3.05, 3.63) is 0 Å². The van der Waals surface area contributed by atoms with Crippen LogP contribution in [0.3, 0.4) is 0 Å². The number of hydrogen-bond acceptors (Lipinski definition) is 1. The molecule has 0 bridgehead atoms. The predicted octanol–water partition coefficient (Wildman–Crippen LogP) is 4.86. The summed E-state index contributed by atoms with van der Waals surface area (Å²) in [5, 5.41) is 3.75. The smallest absolute Gasteiger partial charge is 0.0144 e. The highest BCUT2D eigenvalue weighted by molar-refractivity contribution is 4.90. The first-order valence-electron chi connectivity index (χ1n) is 7.89. The van der Waals surface area contributed by atoms with Gasteiger partial charge in [0.05, 0.1) is 0 Å². The zero-order chi connectivity index (χ0) is 14.0. The van der Waals surface area contributed by atoms with Gasteiger partial charge in [0.25, 0.3) is 0 Å². The first-order chi connectivity index (χ1) is 8.16. The van der Waals surface area contributed by atoms with Crippen LogP contribution in [0.15, 0.2) is 0 Å². The second kappa shape index (κ2) is 5.94. The topological polar surface area (TPSA) is 12.0 Å². The number of rotatable bonds is 3. The van der Waals surface area contributed by atoms with Gasteiger partial charge in [-0.05, 0) is 54.9 Å². The third-order valence-corrected chi connectivity index (χ3v) is 4.83. The van der Waals surface area contributed by atoms with E-state index in [-0.39, 0.29) is 0 Å². The molecule has 1 atom stereocenters. The molecule has 0 saturated heterocycles. The largest absolute Gasteiger partial charge is 0.313 e. The third-order valence-electron chi connectivity index (χ3n) is 4.83. The molecule has 0 aliphatic heterocycles. The van der Waals surface area contributed by atoms with E-state index in [0.717, 1.165) is 18.4 Å². The zero-order valence-corrected chi connectivity index (χ0v) is 13.8. The fraction of sp³-hybridized carbons (Fsp3) is 1.00. The molecule has 1 aliphatic rings. The quantitative estimate of drug-likeness (QED) is 0.757. The van der Waals surface area contributed by atoms with Crippen molar-refractivity contribution in [3.8, 4) is 0 Å². The lowest BCUT2D eigenvalue weighted by Crippen LogP contribution is -2.47. The van der Waals surface area contributed by atoms with Crippen molar-refractivity contribution in [2.75, 3.05) is 6.54 Å². The average Bonchev–Trinajstić information content (AvgIpc) is 2.23. The fourth-order valence-electron chi connectivity index (χ4n) is 3.72. The Kier molecular flexibility index (Phi) is 5.29. The van der Waals surface area contributed by atoms with Gasteiger partial charge in [0.15, 0.2) is 0 Å². The highest BCUT2D eigenvalue weighted by atomic mass is 14.9. The molecule has 1 aliphatic carbocycles. The Morgan fingerprint density at radius 3 is 1.78 bits per heavy atom. The van der Waals surface area contributed by atoms with Crippen LogP contribution in [0.25, 0.3) is 0 Å². The van der Waals surface area contributed by atoms with Crippen LogP contribution in [0, 0.1) is 22.7 Å². The van der Waals surface area contributed by atoms with Crippen LogP contribution in [-0.2, 0) is 0 Å². The second-order valence-electron chi connectivity index (χ2n) is 8.38. The second-order valence-corrected chi connectivity index (χ2v) is 8.38. The molecule has 0 aromatic carbocycles. The van der Waals surface area contributed by atoms with Gasteiger partial charge in [-0.2, -0.15) is 0 Å². The van der Waals surface area contributed by atoms with E-state index in [4.69, 9.17) is 0 Å². The van der Waals surface area contributed by atoms with Gasteiger partial charge >= 0.3 is 0 Å². The molecule has 108 valence electrons. The Bertz CT molecular complexity index is 235. The van der Waals surface area contributed by atoms with Gasteiger partial charge in [0.1, 0.15) is 0 Å². The molecule has 0 aromatic heterocycles. The standard InChI is InChI=1S/C17H35N/c1-8-18-15(17(5,6)7)13-9-11-14(12-10-13)16(2,3)4/h13-15,18H,8-12H2,1-7H3. The molecule has 1 saturated carbocycles. The summed E-state index contributed by atoms with van der Waals surface area (Å²) in [6.07, 6.45) is 5.67. The minimum Gasteiger partial charge on any atom is -0.313 e. The molecular formula is C17H35N. The molecule has 0 amide bonds. The third kappa shape index (κ3) is 4.26. The summed E-state index contributed by atoms with van der Waals surface area (Å²) in [5.74, 6) is 1.81. The van der Waals surface area contributed by atoms with Crippen LogP contribution in [0.2, 0.25) is 0 Å². The van der Waals surface area contributed by atoms with Crippen LogP contribution in [0.1, 0.15) is 74.1 Å². The first kappa shape index (κ1) is 16.0. The summed E-state index contributed by atoms with van der Waals surface area (Å²) < 4.78 is 0. The van der Waals surface area contributed by atoms with E-state index in [1.807, 2.05) is 0 Å². The molecule has 0 aromatic rings. The summed E-state index contributed by atoms with van der Waals surface area (Å²) in [5.41, 5.74) is 0.885. The van der Waals surface area contributed by atoms with Gasteiger partial charge < -0.3 is 5.32 Å². The predicted molar refractivity (Wildman–Crippen MR) is 81.8 cm³/mol. The van der Waals surface area contributed by atoms with Crippen LogP contribution in [0.5, 0.6) is 0 Å². The molecule has 1 fully saturated rings. The van der Waals surface area contributed by atoms with Crippen molar-refractivity contribution in [1.82, 2.24) is 5.32 Å². The van der Waals surface area contributed by atoms with Crippen LogP contribution in [0.4, 0.5) is 0 Å². The zero-order valence-electron chi connectivity index (χ0n) is 13.8. The van der Waals surface area contributed by atoms with E-state index in [1.165, 1.54) is 25.7 Å². The van der Waals surface area contributed by atoms with E-state index in [9.17, 15) is 0 Å². The Morgan fingerprint density at radius 2 is 1.44 bits per heavy atom. The Labute approximate surface area is 115 Å². The lowest BCUT2D eigenvalue weighted by Gasteiger charge is -2.43. The first-order valence-corrected chi connectivity index (χ1v) is 7.89. The van der Waals surface area contributed by atoms with Gasteiger partial charge in [-0.15, -0.1) is 0 Å². The van der Waals surface area contributed by atoms with Crippen molar-refractivity contribution < 1.29 is 0 Å². The van der Waals surface area contributed by atoms with Gasteiger partial charge in [0, 0.05) is 6.04 Å². The molecular weight excluding hydrogens is 218 g/mol. The van der Waals surface area contributed by atoms with Crippen molar-refractivity contribution >= 4 is 0 Å². The summed E-state index contributed by atoms with van der Waals surface area (Å²) in [4.78, 5) is 0. The molecule has 0 heterocycles. The summed E-state index contributed by atoms with van der Waals surface area (Å²) in [6.45, 7) is 17.7. The van der Waals surface area contributed by atoms with E-state index in [1.54, 1.807) is 0 Å². The summed E-state index contributed by atoms with van der Waals surface area (Å²) >= 11 is 0. The minimum atomic E-state index is 0.384. The normalized spacial score (nSPS) is 28.2. The highest BCUT2D eigenvalue weighted by Gasteiger charge is 2.36. The monoisotopic (exact) mass is 253 g/mol. The van der Waals surface area contributed by atoms with Gasteiger partial charge in [0.2, 0.25) is 0 Å². The maximum Gasteiger partial charge on any atom is 0.0144 e. The molecule has 1 nitrogen and oxygen atoms in total. The number of nitrogens with one attached hydrogen (secondary N) is 1. The summed E-state index contributed by atoms with van der Waals surface area (Å²) in [6, 6.07) is 0.684. The van der Waals surface area contributed by atoms with E-state index in [2.05, 4.69) is 53.8 Å². The van der Waals surface area contributed by atoms with Crippen molar-refractivity contribution in [2.24, 2.45) is 22.7 Å². The highest BCUT2D eigenvalue weighted by Crippen LogP contribution is 2.43. The number of hydrogen-bond donors (Lipinski definition) is 1. The lowest BCUT2D eigenvalue weighted by molar-refractivity contribution is 0.0987. The van der Waals surface area contributed by atoms with Crippen LogP contribution in [-0.4, -0.2) is 12.6 Å². The van der Waals surface area contributed by atoms with E-state index < -0.39 is 0 Å².